The molecule has 2 N–H and O–H groups in total. The number of benzene rings is 1. The van der Waals surface area contributed by atoms with Gasteiger partial charge >= 0.3 is 0 Å². The summed E-state index contributed by atoms with van der Waals surface area (Å²) in [7, 11) is 1.82. The number of hydrogen-bond acceptors (Lipinski definition) is 3. The number of rotatable bonds is 4. The maximum absolute atomic E-state index is 13.1. The highest BCUT2D eigenvalue weighted by atomic mass is 32.2. The lowest BCUT2D eigenvalue weighted by atomic mass is 10.3. The number of amides is 1. The average molecular weight is 254 g/mol. The minimum atomic E-state index is -0.365. The Balaban J connectivity index is 1.90. The van der Waals surface area contributed by atoms with Crippen molar-refractivity contribution in [2.24, 2.45) is 0 Å². The molecule has 0 atom stereocenters. The largest absolute Gasteiger partial charge is 0.399 e. The van der Waals surface area contributed by atoms with E-state index in [2.05, 4.69) is 0 Å². The van der Waals surface area contributed by atoms with Gasteiger partial charge in [0.05, 0.1) is 5.75 Å². The molecule has 0 spiro atoms. The first-order valence-corrected chi connectivity index (χ1v) is 6.49. The van der Waals surface area contributed by atoms with Crippen molar-refractivity contribution >= 4 is 23.4 Å². The fourth-order valence-electron chi connectivity index (χ4n) is 1.58. The van der Waals surface area contributed by atoms with Crippen molar-refractivity contribution in [2.75, 3.05) is 18.5 Å². The Bertz CT molecular complexity index is 414. The van der Waals surface area contributed by atoms with E-state index in [1.807, 2.05) is 7.05 Å². The summed E-state index contributed by atoms with van der Waals surface area (Å²) in [4.78, 5) is 14.2. The summed E-state index contributed by atoms with van der Waals surface area (Å²) < 4.78 is 13.1. The van der Waals surface area contributed by atoms with Crippen molar-refractivity contribution in [3.63, 3.8) is 0 Å². The normalized spacial score (nSPS) is 14.7. The van der Waals surface area contributed by atoms with Crippen molar-refractivity contribution < 1.29 is 9.18 Å². The van der Waals surface area contributed by atoms with E-state index in [1.54, 1.807) is 11.0 Å². The van der Waals surface area contributed by atoms with Crippen molar-refractivity contribution in [1.82, 2.24) is 4.90 Å². The fraction of sp³-hybridized carbons (Fsp3) is 0.417. The van der Waals surface area contributed by atoms with E-state index in [9.17, 15) is 9.18 Å². The van der Waals surface area contributed by atoms with E-state index < -0.39 is 0 Å². The maximum Gasteiger partial charge on any atom is 0.232 e. The number of anilines is 1. The molecular weight excluding hydrogens is 239 g/mol. The Morgan fingerprint density at radius 3 is 2.82 bits per heavy atom. The molecule has 1 aliphatic carbocycles. The van der Waals surface area contributed by atoms with Gasteiger partial charge in [-0.05, 0) is 31.0 Å². The van der Waals surface area contributed by atoms with Gasteiger partial charge in [0.25, 0.3) is 0 Å². The van der Waals surface area contributed by atoms with Crippen LogP contribution in [0.1, 0.15) is 12.8 Å². The smallest absolute Gasteiger partial charge is 0.232 e. The molecule has 0 aliphatic heterocycles. The summed E-state index contributed by atoms with van der Waals surface area (Å²) >= 11 is 1.32. The molecule has 0 unspecified atom stereocenters. The van der Waals surface area contributed by atoms with Crippen LogP contribution >= 0.6 is 11.8 Å². The van der Waals surface area contributed by atoms with Crippen molar-refractivity contribution in [3.8, 4) is 0 Å². The maximum atomic E-state index is 13.1. The Morgan fingerprint density at radius 1 is 1.53 bits per heavy atom. The zero-order chi connectivity index (χ0) is 12.4. The molecule has 0 heterocycles. The number of nitrogens with zero attached hydrogens (tertiary/aromatic N) is 1. The summed E-state index contributed by atoms with van der Waals surface area (Å²) in [5.74, 6) is 0.0476. The lowest BCUT2D eigenvalue weighted by molar-refractivity contribution is -0.127. The first-order chi connectivity index (χ1) is 8.06. The molecule has 5 heteroatoms. The number of carbonyl (C=O) groups is 1. The van der Waals surface area contributed by atoms with Gasteiger partial charge in [-0.25, -0.2) is 4.39 Å². The minimum Gasteiger partial charge on any atom is -0.399 e. The molecule has 1 aromatic rings. The third-order valence-electron chi connectivity index (χ3n) is 2.74. The van der Waals surface area contributed by atoms with E-state index in [4.69, 9.17) is 5.73 Å². The van der Waals surface area contributed by atoms with Gasteiger partial charge in [0.15, 0.2) is 0 Å². The van der Waals surface area contributed by atoms with Gasteiger partial charge in [0.1, 0.15) is 5.82 Å². The number of nitrogens with two attached hydrogens (primary N) is 1. The van der Waals surface area contributed by atoms with Crippen molar-refractivity contribution in [1.29, 1.82) is 0 Å². The van der Waals surface area contributed by atoms with Crippen LogP contribution in [-0.4, -0.2) is 29.6 Å². The van der Waals surface area contributed by atoms with Crippen LogP contribution in [0.3, 0.4) is 0 Å². The molecule has 0 radical (unpaired) electrons. The summed E-state index contributed by atoms with van der Waals surface area (Å²) in [6.45, 7) is 0. The molecule has 1 amide bonds. The summed E-state index contributed by atoms with van der Waals surface area (Å²) in [6.07, 6.45) is 2.19. The van der Waals surface area contributed by atoms with Gasteiger partial charge in [-0.1, -0.05) is 0 Å². The molecule has 0 bridgehead atoms. The van der Waals surface area contributed by atoms with Crippen LogP contribution in [0.4, 0.5) is 10.1 Å². The quantitative estimate of drug-likeness (QED) is 0.661. The second kappa shape index (κ2) is 4.96. The second-order valence-electron chi connectivity index (χ2n) is 4.24. The summed E-state index contributed by atoms with van der Waals surface area (Å²) in [6, 6.07) is 4.76. The molecule has 2 rings (SSSR count). The van der Waals surface area contributed by atoms with Crippen LogP contribution in [0.2, 0.25) is 0 Å². The molecule has 1 aliphatic rings. The third-order valence-corrected chi connectivity index (χ3v) is 3.70. The Kier molecular flexibility index (Phi) is 3.57. The van der Waals surface area contributed by atoms with E-state index in [0.717, 1.165) is 12.8 Å². The van der Waals surface area contributed by atoms with Crippen molar-refractivity contribution in [3.05, 3.63) is 24.0 Å². The van der Waals surface area contributed by atoms with Crippen LogP contribution in [0, 0.1) is 5.82 Å². The van der Waals surface area contributed by atoms with Gasteiger partial charge in [-0.15, -0.1) is 11.8 Å². The molecule has 0 saturated heterocycles. The van der Waals surface area contributed by atoms with E-state index in [-0.39, 0.29) is 11.7 Å². The van der Waals surface area contributed by atoms with E-state index in [1.165, 1.54) is 23.9 Å². The van der Waals surface area contributed by atoms with E-state index >= 15 is 0 Å². The topological polar surface area (TPSA) is 46.3 Å². The Hall–Kier alpha value is -1.23. The van der Waals surface area contributed by atoms with Gasteiger partial charge in [0.2, 0.25) is 5.91 Å². The summed E-state index contributed by atoms with van der Waals surface area (Å²) in [5.41, 5.74) is 5.92. The SMILES string of the molecule is CN(C(=O)CSc1cc(N)cc(F)c1)C1CC1. The molecule has 3 nitrogen and oxygen atoms in total. The first-order valence-electron chi connectivity index (χ1n) is 5.51. The van der Waals surface area contributed by atoms with E-state index in [0.29, 0.717) is 22.4 Å². The zero-order valence-electron chi connectivity index (χ0n) is 9.65. The predicted molar refractivity (Wildman–Crippen MR) is 67.3 cm³/mol. The second-order valence-corrected chi connectivity index (χ2v) is 5.29. The van der Waals surface area contributed by atoms with Gasteiger partial charge in [-0.2, -0.15) is 0 Å². The number of carbonyl (C=O) groups excluding carboxylic acids is 1. The Morgan fingerprint density at radius 2 is 2.24 bits per heavy atom. The monoisotopic (exact) mass is 254 g/mol. The molecule has 1 aromatic carbocycles. The third kappa shape index (κ3) is 3.36. The van der Waals surface area contributed by atoms with Crippen LogP contribution in [-0.2, 0) is 4.79 Å². The van der Waals surface area contributed by atoms with Gasteiger partial charge < -0.3 is 10.6 Å². The lowest BCUT2D eigenvalue weighted by Crippen LogP contribution is -2.30. The van der Waals surface area contributed by atoms with Gasteiger partial charge in [-0.3, -0.25) is 4.79 Å². The van der Waals surface area contributed by atoms with Crippen LogP contribution in [0.5, 0.6) is 0 Å². The molecular formula is C12H15FN2OS. The van der Waals surface area contributed by atoms with Crippen LogP contribution in [0.15, 0.2) is 23.1 Å². The molecule has 17 heavy (non-hydrogen) atoms. The number of nitrogen functional groups attached to an aromatic ring is 1. The Labute approximate surface area is 104 Å². The average Bonchev–Trinajstić information content (AvgIpc) is 3.07. The minimum absolute atomic E-state index is 0.0836. The predicted octanol–water partition coefficient (Wildman–Crippen LogP) is 2.12. The van der Waals surface area contributed by atoms with Gasteiger partial charge in [0, 0.05) is 23.7 Å². The lowest BCUT2D eigenvalue weighted by Gasteiger charge is -2.15. The molecule has 1 fully saturated rings. The number of hydrogen-bond donors (Lipinski definition) is 1. The summed E-state index contributed by atoms with van der Waals surface area (Å²) in [5, 5.41) is 0. The number of thioether (sulfide) groups is 1. The molecule has 0 aromatic heterocycles. The fourth-order valence-corrected chi connectivity index (χ4v) is 2.49. The highest BCUT2D eigenvalue weighted by molar-refractivity contribution is 8.00. The zero-order valence-corrected chi connectivity index (χ0v) is 10.5. The first kappa shape index (κ1) is 12.2. The highest BCUT2D eigenvalue weighted by Gasteiger charge is 2.29. The standard InChI is InChI=1S/C12H15FN2OS/c1-15(10-2-3-10)12(16)7-17-11-5-8(13)4-9(14)6-11/h4-6,10H,2-3,7,14H2,1H3. The van der Waals surface area contributed by atoms with Crippen LogP contribution in [0.25, 0.3) is 0 Å². The highest BCUT2D eigenvalue weighted by Crippen LogP contribution is 2.27. The van der Waals surface area contributed by atoms with Crippen molar-refractivity contribution in [2.45, 2.75) is 23.8 Å². The molecule has 1 saturated carbocycles. The molecule has 92 valence electrons. The number of halogens is 1. The van der Waals surface area contributed by atoms with Crippen LogP contribution < -0.4 is 5.73 Å².